The SMILES string of the molecule is CC1CCC=C2CC[C@@H]3[C@@H](CC[C@]4(C)C(O[Si](C)(C)C)CC[C@@H]34)[C@]21CO[Si](C)(C)C. The lowest BCUT2D eigenvalue weighted by atomic mass is 9.45. The van der Waals surface area contributed by atoms with Crippen molar-refractivity contribution in [3.8, 4) is 0 Å². The molecule has 0 aromatic carbocycles. The zero-order chi connectivity index (χ0) is 21.9. The van der Waals surface area contributed by atoms with Gasteiger partial charge >= 0.3 is 0 Å². The summed E-state index contributed by atoms with van der Waals surface area (Å²) in [6.45, 7) is 20.4. The van der Waals surface area contributed by atoms with Crippen LogP contribution in [0.2, 0.25) is 39.3 Å². The summed E-state index contributed by atoms with van der Waals surface area (Å²) in [5.74, 6) is 3.33. The largest absolute Gasteiger partial charge is 0.417 e. The van der Waals surface area contributed by atoms with Crippen molar-refractivity contribution in [2.45, 2.75) is 111 Å². The molecule has 4 aliphatic carbocycles. The van der Waals surface area contributed by atoms with E-state index in [2.05, 4.69) is 59.2 Å². The zero-order valence-corrected chi connectivity index (χ0v) is 23.1. The average molecular weight is 449 g/mol. The molecule has 0 aromatic heterocycles. The topological polar surface area (TPSA) is 18.5 Å². The number of fused-ring (bicyclic) bond motifs is 5. The Morgan fingerprint density at radius 1 is 0.933 bits per heavy atom. The lowest BCUT2D eigenvalue weighted by molar-refractivity contribution is -0.100. The van der Waals surface area contributed by atoms with Crippen molar-refractivity contribution in [2.75, 3.05) is 6.61 Å². The second-order valence-electron chi connectivity index (χ2n) is 13.4. The number of allylic oxidation sites excluding steroid dienone is 1. The van der Waals surface area contributed by atoms with Gasteiger partial charge in [0.15, 0.2) is 16.6 Å². The van der Waals surface area contributed by atoms with Gasteiger partial charge in [0.25, 0.3) is 0 Å². The molecule has 0 saturated heterocycles. The van der Waals surface area contributed by atoms with Gasteiger partial charge in [0, 0.05) is 12.0 Å². The Bertz CT molecular complexity index is 676. The van der Waals surface area contributed by atoms with Gasteiger partial charge in [0.1, 0.15) is 0 Å². The van der Waals surface area contributed by atoms with Gasteiger partial charge in [-0.3, -0.25) is 0 Å². The van der Waals surface area contributed by atoms with Crippen LogP contribution in [-0.2, 0) is 8.85 Å². The molecule has 0 spiro atoms. The number of hydrogen-bond acceptors (Lipinski definition) is 2. The molecule has 4 aliphatic rings. The molecule has 3 fully saturated rings. The maximum atomic E-state index is 6.80. The normalized spacial score (nSPS) is 44.1. The molecule has 0 bridgehead atoms. The highest BCUT2D eigenvalue weighted by molar-refractivity contribution is 6.70. The molecule has 0 heterocycles. The average Bonchev–Trinajstić information content (AvgIpc) is 2.94. The van der Waals surface area contributed by atoms with Crippen molar-refractivity contribution in [3.05, 3.63) is 11.6 Å². The van der Waals surface area contributed by atoms with Gasteiger partial charge in [-0.2, -0.15) is 0 Å². The minimum Gasteiger partial charge on any atom is -0.417 e. The van der Waals surface area contributed by atoms with Crippen LogP contribution in [0.1, 0.15) is 65.2 Å². The third-order valence-electron chi connectivity index (χ3n) is 9.47. The van der Waals surface area contributed by atoms with Crippen LogP contribution in [-0.4, -0.2) is 29.3 Å². The predicted molar refractivity (Wildman–Crippen MR) is 133 cm³/mol. The number of rotatable bonds is 5. The van der Waals surface area contributed by atoms with Crippen molar-refractivity contribution in [1.82, 2.24) is 0 Å². The highest BCUT2D eigenvalue weighted by atomic mass is 28.4. The molecule has 172 valence electrons. The molecule has 2 unspecified atom stereocenters. The first-order valence-corrected chi connectivity index (χ1v) is 19.7. The van der Waals surface area contributed by atoms with Crippen LogP contribution in [0.25, 0.3) is 0 Å². The third kappa shape index (κ3) is 3.97. The van der Waals surface area contributed by atoms with Crippen LogP contribution in [0, 0.1) is 34.5 Å². The molecule has 4 rings (SSSR count). The molecular formula is C26H48O2Si2. The van der Waals surface area contributed by atoms with Gasteiger partial charge in [-0.15, -0.1) is 0 Å². The van der Waals surface area contributed by atoms with E-state index >= 15 is 0 Å². The highest BCUT2D eigenvalue weighted by Crippen LogP contribution is 2.67. The first-order chi connectivity index (χ1) is 13.9. The lowest BCUT2D eigenvalue weighted by Gasteiger charge is -2.61. The van der Waals surface area contributed by atoms with Crippen LogP contribution < -0.4 is 0 Å². The second kappa shape index (κ2) is 7.85. The fraction of sp³-hybridized carbons (Fsp3) is 0.923. The summed E-state index contributed by atoms with van der Waals surface area (Å²) in [6.07, 6.45) is 14.0. The zero-order valence-electron chi connectivity index (χ0n) is 21.1. The minimum absolute atomic E-state index is 0.320. The van der Waals surface area contributed by atoms with Crippen LogP contribution in [0.3, 0.4) is 0 Å². The molecule has 0 aromatic rings. The van der Waals surface area contributed by atoms with E-state index in [0.29, 0.717) is 16.9 Å². The Morgan fingerprint density at radius 2 is 1.67 bits per heavy atom. The fourth-order valence-electron chi connectivity index (χ4n) is 8.11. The molecule has 2 nitrogen and oxygen atoms in total. The molecule has 0 radical (unpaired) electrons. The molecule has 3 saturated carbocycles. The Labute approximate surface area is 188 Å². The smallest absolute Gasteiger partial charge is 0.184 e. The Kier molecular flexibility index (Phi) is 6.08. The Morgan fingerprint density at radius 3 is 2.33 bits per heavy atom. The van der Waals surface area contributed by atoms with Gasteiger partial charge < -0.3 is 8.85 Å². The van der Waals surface area contributed by atoms with Gasteiger partial charge in [-0.1, -0.05) is 25.5 Å². The van der Waals surface area contributed by atoms with E-state index in [-0.39, 0.29) is 0 Å². The van der Waals surface area contributed by atoms with Crippen LogP contribution in [0.5, 0.6) is 0 Å². The first kappa shape index (κ1) is 23.3. The summed E-state index contributed by atoms with van der Waals surface area (Å²) in [5, 5.41) is 0. The lowest BCUT2D eigenvalue weighted by Crippen LogP contribution is -2.57. The van der Waals surface area contributed by atoms with Crippen LogP contribution in [0.4, 0.5) is 0 Å². The molecule has 4 heteroatoms. The predicted octanol–water partition coefficient (Wildman–Crippen LogP) is 7.64. The van der Waals surface area contributed by atoms with Crippen LogP contribution >= 0.6 is 0 Å². The molecule has 7 atom stereocenters. The van der Waals surface area contributed by atoms with E-state index in [4.69, 9.17) is 8.85 Å². The molecular weight excluding hydrogens is 400 g/mol. The first-order valence-electron chi connectivity index (χ1n) is 12.9. The monoisotopic (exact) mass is 448 g/mol. The summed E-state index contributed by atoms with van der Waals surface area (Å²) in [7, 11) is -3.03. The van der Waals surface area contributed by atoms with Crippen LogP contribution in [0.15, 0.2) is 11.6 Å². The molecule has 0 amide bonds. The summed E-state index contributed by atoms with van der Waals surface area (Å²) in [4.78, 5) is 0. The molecule has 0 aliphatic heterocycles. The van der Waals surface area contributed by atoms with Gasteiger partial charge in [0.2, 0.25) is 0 Å². The van der Waals surface area contributed by atoms with Gasteiger partial charge in [-0.05, 0) is 120 Å². The van der Waals surface area contributed by atoms with Crippen molar-refractivity contribution < 1.29 is 8.85 Å². The highest BCUT2D eigenvalue weighted by Gasteiger charge is 2.61. The van der Waals surface area contributed by atoms with E-state index in [1.165, 1.54) is 51.4 Å². The molecule has 30 heavy (non-hydrogen) atoms. The van der Waals surface area contributed by atoms with E-state index < -0.39 is 16.6 Å². The minimum atomic E-state index is -1.53. The third-order valence-corrected chi connectivity index (χ3v) is 11.5. The number of hydrogen-bond donors (Lipinski definition) is 0. The fourth-order valence-corrected chi connectivity index (χ4v) is 10.0. The summed E-state index contributed by atoms with van der Waals surface area (Å²) < 4.78 is 13.6. The van der Waals surface area contributed by atoms with Gasteiger partial charge in [0.05, 0.1) is 6.10 Å². The van der Waals surface area contributed by atoms with E-state index in [1.807, 2.05) is 0 Å². The van der Waals surface area contributed by atoms with Crippen molar-refractivity contribution in [2.24, 2.45) is 34.5 Å². The Hall–Kier alpha value is 0.0938. The van der Waals surface area contributed by atoms with E-state index in [0.717, 1.165) is 30.3 Å². The van der Waals surface area contributed by atoms with Crippen molar-refractivity contribution >= 4 is 16.6 Å². The maximum Gasteiger partial charge on any atom is 0.184 e. The van der Waals surface area contributed by atoms with E-state index in [9.17, 15) is 0 Å². The summed E-state index contributed by atoms with van der Waals surface area (Å²) in [6, 6.07) is 0. The second-order valence-corrected chi connectivity index (χ2v) is 22.4. The van der Waals surface area contributed by atoms with Crippen molar-refractivity contribution in [1.29, 1.82) is 0 Å². The maximum absolute atomic E-state index is 6.80. The summed E-state index contributed by atoms with van der Waals surface area (Å²) >= 11 is 0. The Balaban J connectivity index is 1.65. The van der Waals surface area contributed by atoms with E-state index in [1.54, 1.807) is 5.57 Å². The van der Waals surface area contributed by atoms with Gasteiger partial charge in [-0.25, -0.2) is 0 Å². The summed E-state index contributed by atoms with van der Waals surface area (Å²) in [5.41, 5.74) is 2.51. The standard InChI is InChI=1S/C26H48O2Si2/c1-19-10-9-11-20-12-13-21-22-14-15-24(28-30(6,7)8)25(22,2)17-16-23(21)26(19,20)18-27-29(3,4)5/h11,19,21-24H,9-10,12-18H2,1-8H3/t19?,21-,22-,23+,24?,25-,26-/m0/s1. The molecule has 0 N–H and O–H groups in total. The quantitative estimate of drug-likeness (QED) is 0.318. The van der Waals surface area contributed by atoms with Crippen molar-refractivity contribution in [3.63, 3.8) is 0 Å².